The fraction of sp³-hybridized carbons (Fsp3) is 0. The summed E-state index contributed by atoms with van der Waals surface area (Å²) < 4.78 is 0. The lowest BCUT2D eigenvalue weighted by molar-refractivity contribution is 1.17. The molecule has 0 saturated heterocycles. The van der Waals surface area contributed by atoms with E-state index in [1.165, 1.54) is 11.3 Å². The van der Waals surface area contributed by atoms with Gasteiger partial charge in [0.15, 0.2) is 5.82 Å². The number of aromatic amines is 1. The molecule has 24 heavy (non-hydrogen) atoms. The molecule has 5 nitrogen and oxygen atoms in total. The van der Waals surface area contributed by atoms with Gasteiger partial charge in [-0.25, -0.2) is 4.98 Å². The Bertz CT molecular complexity index is 1030. The summed E-state index contributed by atoms with van der Waals surface area (Å²) >= 11 is 7.34. The highest BCUT2D eigenvalue weighted by molar-refractivity contribution is 7.13. The molecule has 4 rings (SSSR count). The number of nitrogens with two attached hydrogens (primary N) is 1. The monoisotopic (exact) mass is 353 g/mol. The predicted molar refractivity (Wildman–Crippen MR) is 99.4 cm³/mol. The van der Waals surface area contributed by atoms with Crippen molar-refractivity contribution in [3.05, 3.63) is 58.9 Å². The van der Waals surface area contributed by atoms with Gasteiger partial charge in [-0.15, -0.1) is 21.6 Å². The lowest BCUT2D eigenvalue weighted by Crippen LogP contribution is -1.82. The number of hydrogen-bond acceptors (Lipinski definition) is 5. The quantitative estimate of drug-likeness (QED) is 0.447. The number of rotatable bonds is 3. The van der Waals surface area contributed by atoms with Crippen LogP contribution in [-0.4, -0.2) is 9.97 Å². The third-order valence-electron chi connectivity index (χ3n) is 3.59. The summed E-state index contributed by atoms with van der Waals surface area (Å²) in [5.74, 6) is 1.21. The Morgan fingerprint density at radius 3 is 2.54 bits per heavy atom. The number of nitrogens with one attached hydrogen (secondary N) is 1. The number of benzene rings is 2. The van der Waals surface area contributed by atoms with E-state index in [-0.39, 0.29) is 0 Å². The van der Waals surface area contributed by atoms with Gasteiger partial charge in [-0.1, -0.05) is 48.0 Å². The summed E-state index contributed by atoms with van der Waals surface area (Å²) in [5.41, 5.74) is 7.80. The lowest BCUT2D eigenvalue weighted by atomic mass is 10.2. The summed E-state index contributed by atoms with van der Waals surface area (Å²) in [7, 11) is 0. The zero-order valence-corrected chi connectivity index (χ0v) is 14.0. The highest BCUT2D eigenvalue weighted by Gasteiger charge is 2.08. The molecule has 3 N–H and O–H groups in total. The van der Waals surface area contributed by atoms with Gasteiger partial charge in [0.1, 0.15) is 5.82 Å². The van der Waals surface area contributed by atoms with E-state index in [2.05, 4.69) is 20.2 Å². The molecule has 0 amide bonds. The highest BCUT2D eigenvalue weighted by atomic mass is 35.5. The molecule has 2 heterocycles. The van der Waals surface area contributed by atoms with E-state index < -0.39 is 0 Å². The van der Waals surface area contributed by atoms with E-state index in [4.69, 9.17) is 17.3 Å². The van der Waals surface area contributed by atoms with E-state index in [1.807, 2.05) is 53.9 Å². The lowest BCUT2D eigenvalue weighted by Gasteiger charge is -1.95. The molecular formula is C17H12ClN5S. The first-order chi connectivity index (χ1) is 11.7. The van der Waals surface area contributed by atoms with Crippen molar-refractivity contribution in [3.8, 4) is 11.3 Å². The molecule has 0 unspecified atom stereocenters. The topological polar surface area (TPSA) is 79.4 Å². The van der Waals surface area contributed by atoms with Crippen LogP contribution in [0.15, 0.2) is 64.1 Å². The van der Waals surface area contributed by atoms with Crippen LogP contribution >= 0.6 is 22.9 Å². The molecular weight excluding hydrogens is 342 g/mol. The molecule has 0 aliphatic rings. The van der Waals surface area contributed by atoms with Crippen molar-refractivity contribution < 1.29 is 0 Å². The Kier molecular flexibility index (Phi) is 3.76. The third kappa shape index (κ3) is 2.77. The van der Waals surface area contributed by atoms with Gasteiger partial charge in [0.05, 0.1) is 5.69 Å². The molecule has 0 aliphatic heterocycles. The smallest absolute Gasteiger partial charge is 0.230 e. The first kappa shape index (κ1) is 14.9. The van der Waals surface area contributed by atoms with Crippen LogP contribution in [0.5, 0.6) is 0 Å². The Balaban J connectivity index is 1.63. The van der Waals surface area contributed by atoms with Crippen molar-refractivity contribution in [1.29, 1.82) is 0 Å². The van der Waals surface area contributed by atoms with Crippen LogP contribution in [0.25, 0.3) is 22.0 Å². The van der Waals surface area contributed by atoms with Crippen molar-refractivity contribution in [3.63, 3.8) is 0 Å². The number of hydrogen-bond donors (Lipinski definition) is 2. The normalized spacial score (nSPS) is 11.5. The van der Waals surface area contributed by atoms with Gasteiger partial charge in [-0.2, -0.15) is 0 Å². The molecule has 0 bridgehead atoms. The molecule has 0 atom stereocenters. The zero-order chi connectivity index (χ0) is 16.5. The van der Waals surface area contributed by atoms with Crippen LogP contribution in [0.4, 0.5) is 16.8 Å². The second-order valence-corrected chi connectivity index (χ2v) is 6.43. The van der Waals surface area contributed by atoms with Crippen molar-refractivity contribution >= 4 is 50.5 Å². The van der Waals surface area contributed by atoms with Crippen molar-refractivity contribution in [2.24, 2.45) is 10.2 Å². The number of H-pyrrole nitrogens is 1. The molecule has 2 aromatic heterocycles. The first-order valence-corrected chi connectivity index (χ1v) is 8.46. The van der Waals surface area contributed by atoms with E-state index in [0.29, 0.717) is 21.8 Å². The fourth-order valence-electron chi connectivity index (χ4n) is 2.42. The second kappa shape index (κ2) is 6.07. The largest absolute Gasteiger partial charge is 0.385 e. The Labute approximate surface area is 146 Å². The number of fused-ring (bicyclic) bond motifs is 1. The summed E-state index contributed by atoms with van der Waals surface area (Å²) in [4.78, 5) is 7.53. The molecule has 0 radical (unpaired) electrons. The van der Waals surface area contributed by atoms with Crippen molar-refractivity contribution in [1.82, 2.24) is 9.97 Å². The maximum Gasteiger partial charge on any atom is 0.230 e. The summed E-state index contributed by atoms with van der Waals surface area (Å²) in [6.45, 7) is 0. The first-order valence-electron chi connectivity index (χ1n) is 7.20. The standard InChI is InChI=1S/C17H12ClN5S/c18-11-7-5-10(6-8-11)14-9-24-17(20-14)23-22-16-13-4-2-1-3-12(13)15(19)21-16/h1-9,21H,19H2. The van der Waals surface area contributed by atoms with Crippen LogP contribution in [-0.2, 0) is 0 Å². The van der Waals surface area contributed by atoms with Crippen molar-refractivity contribution in [2.75, 3.05) is 5.73 Å². The number of nitrogens with zero attached hydrogens (tertiary/aromatic N) is 3. The molecule has 2 aromatic carbocycles. The second-order valence-electron chi connectivity index (χ2n) is 5.16. The molecule has 118 valence electrons. The minimum Gasteiger partial charge on any atom is -0.385 e. The van der Waals surface area contributed by atoms with E-state index in [9.17, 15) is 0 Å². The van der Waals surface area contributed by atoms with Gasteiger partial charge < -0.3 is 10.7 Å². The van der Waals surface area contributed by atoms with Gasteiger partial charge in [0, 0.05) is 26.7 Å². The minimum atomic E-state index is 0.581. The van der Waals surface area contributed by atoms with Crippen molar-refractivity contribution in [2.45, 2.75) is 0 Å². The van der Waals surface area contributed by atoms with E-state index >= 15 is 0 Å². The van der Waals surface area contributed by atoms with Gasteiger partial charge in [-0.05, 0) is 12.1 Å². The summed E-state index contributed by atoms with van der Waals surface area (Å²) in [5, 5.41) is 13.6. The van der Waals surface area contributed by atoms with E-state index in [0.717, 1.165) is 22.0 Å². The zero-order valence-electron chi connectivity index (χ0n) is 12.4. The number of halogens is 1. The summed E-state index contributed by atoms with van der Waals surface area (Å²) in [6, 6.07) is 15.3. The number of aromatic nitrogens is 2. The Morgan fingerprint density at radius 1 is 1.00 bits per heavy atom. The SMILES string of the molecule is Nc1[nH]c(N=Nc2nc(-c3ccc(Cl)cc3)cs2)c2ccccc12. The van der Waals surface area contributed by atoms with Crippen LogP contribution in [0.3, 0.4) is 0 Å². The fourth-order valence-corrected chi connectivity index (χ4v) is 3.19. The highest BCUT2D eigenvalue weighted by Crippen LogP contribution is 2.33. The Hall–Kier alpha value is -2.70. The molecule has 0 fully saturated rings. The molecule has 0 spiro atoms. The van der Waals surface area contributed by atoms with E-state index in [1.54, 1.807) is 0 Å². The minimum absolute atomic E-state index is 0.581. The van der Waals surface area contributed by atoms with Gasteiger partial charge >= 0.3 is 0 Å². The maximum atomic E-state index is 5.96. The molecule has 7 heteroatoms. The predicted octanol–water partition coefficient (Wildman–Crippen LogP) is 5.94. The number of nitrogen functional groups attached to an aromatic ring is 1. The number of anilines is 1. The average molecular weight is 354 g/mol. The summed E-state index contributed by atoms with van der Waals surface area (Å²) in [6.07, 6.45) is 0. The molecule has 0 saturated carbocycles. The van der Waals surface area contributed by atoms with Crippen LogP contribution in [0.1, 0.15) is 0 Å². The number of thiazole rings is 1. The number of azo groups is 1. The Morgan fingerprint density at radius 2 is 1.75 bits per heavy atom. The van der Waals surface area contributed by atoms with Crippen LogP contribution in [0.2, 0.25) is 5.02 Å². The van der Waals surface area contributed by atoms with Gasteiger partial charge in [0.25, 0.3) is 0 Å². The van der Waals surface area contributed by atoms with Crippen LogP contribution < -0.4 is 5.73 Å². The van der Waals surface area contributed by atoms with Crippen LogP contribution in [0, 0.1) is 0 Å². The average Bonchev–Trinajstić information content (AvgIpc) is 3.19. The van der Waals surface area contributed by atoms with Gasteiger partial charge in [-0.3, -0.25) is 0 Å². The third-order valence-corrected chi connectivity index (χ3v) is 4.57. The van der Waals surface area contributed by atoms with Gasteiger partial charge in [0.2, 0.25) is 5.13 Å². The molecule has 4 aromatic rings. The maximum absolute atomic E-state index is 5.96. The molecule has 0 aliphatic carbocycles.